The molecule has 2 nitrogen and oxygen atoms in total. The van der Waals surface area contributed by atoms with E-state index in [-0.39, 0.29) is 0 Å². The molecule has 0 amide bonds. The second-order valence-corrected chi connectivity index (χ2v) is 20.8. The minimum absolute atomic E-state index is 0.490. The highest BCUT2D eigenvalue weighted by Crippen LogP contribution is 2.63. The van der Waals surface area contributed by atoms with Crippen LogP contribution in [0.15, 0.2) is 303 Å². The smallest absolute Gasteiger partial charge is 0.160 e. The lowest BCUT2D eigenvalue weighted by molar-refractivity contribution is 0.794. The molecule has 0 atom stereocenters. The minimum atomic E-state index is -0.490. The standard InChI is InChI=1S/C77H50N2/c1-5-21-51(22-6-1)60-43-61(52-23-7-2-8-24-52)46-64(45-60)55-29-19-31-57(41-55)74-50-75(58-39-40-69-68-35-15-18-38-72(68)77(73(69)49-58)70-36-16-13-33-66(70)67-34-14-17-37-71(67)77)79-76(78-74)59-32-20-30-56(42-59)65-47-62(53-25-9-3-10-26-53)44-63(48-65)54-27-11-4-12-28-54/h1-50H. The molecule has 2 aliphatic rings. The number of nitrogens with zero attached hydrogens (tertiary/aromatic N) is 2. The third-order valence-electron chi connectivity index (χ3n) is 16.3. The summed E-state index contributed by atoms with van der Waals surface area (Å²) in [6, 6.07) is 110. The van der Waals surface area contributed by atoms with Crippen molar-refractivity contribution >= 4 is 0 Å². The van der Waals surface area contributed by atoms with Gasteiger partial charge in [0.25, 0.3) is 0 Å². The molecule has 79 heavy (non-hydrogen) atoms. The Bertz CT molecular complexity index is 4100. The number of hydrogen-bond acceptors (Lipinski definition) is 2. The van der Waals surface area contributed by atoms with Crippen LogP contribution >= 0.6 is 0 Å². The van der Waals surface area contributed by atoms with Crippen molar-refractivity contribution in [2.75, 3.05) is 0 Å². The Morgan fingerprint density at radius 2 is 0.468 bits per heavy atom. The molecule has 2 aliphatic carbocycles. The molecule has 1 aromatic heterocycles. The zero-order valence-corrected chi connectivity index (χ0v) is 43.3. The molecule has 1 heterocycles. The number of aromatic nitrogens is 2. The van der Waals surface area contributed by atoms with Crippen LogP contribution in [0.4, 0.5) is 0 Å². The van der Waals surface area contributed by atoms with Gasteiger partial charge in [-0.3, -0.25) is 0 Å². The summed E-state index contributed by atoms with van der Waals surface area (Å²) in [7, 11) is 0. The molecule has 0 aliphatic heterocycles. The van der Waals surface area contributed by atoms with Crippen LogP contribution in [0, 0.1) is 0 Å². The third kappa shape index (κ3) is 7.96. The van der Waals surface area contributed by atoms with Gasteiger partial charge in [-0.25, -0.2) is 9.97 Å². The molecule has 0 radical (unpaired) electrons. The van der Waals surface area contributed by atoms with Crippen LogP contribution in [0.25, 0.3) is 123 Å². The fourth-order valence-electron chi connectivity index (χ4n) is 12.6. The summed E-state index contributed by atoms with van der Waals surface area (Å²) in [6.07, 6.45) is 0. The van der Waals surface area contributed by atoms with Crippen molar-refractivity contribution < 1.29 is 0 Å². The summed E-state index contributed by atoms with van der Waals surface area (Å²) in [5.74, 6) is 0.662. The molecule has 0 saturated carbocycles. The van der Waals surface area contributed by atoms with E-state index in [1.54, 1.807) is 0 Å². The second kappa shape index (κ2) is 19.1. The van der Waals surface area contributed by atoms with Crippen molar-refractivity contribution in [1.82, 2.24) is 9.97 Å². The predicted molar refractivity (Wildman–Crippen MR) is 327 cm³/mol. The van der Waals surface area contributed by atoms with Gasteiger partial charge in [-0.2, -0.15) is 0 Å². The fourth-order valence-corrected chi connectivity index (χ4v) is 12.6. The van der Waals surface area contributed by atoms with Crippen molar-refractivity contribution in [3.8, 4) is 123 Å². The summed E-state index contributed by atoms with van der Waals surface area (Å²) >= 11 is 0. The maximum absolute atomic E-state index is 5.60. The molecular weight excluding hydrogens is 953 g/mol. The predicted octanol–water partition coefficient (Wildman–Crippen LogP) is 19.8. The average molecular weight is 1000 g/mol. The van der Waals surface area contributed by atoms with E-state index < -0.39 is 5.41 Å². The van der Waals surface area contributed by atoms with E-state index in [1.807, 2.05) is 0 Å². The fraction of sp³-hybridized carbons (Fsp3) is 0.0130. The van der Waals surface area contributed by atoms with E-state index in [2.05, 4.69) is 303 Å². The lowest BCUT2D eigenvalue weighted by Gasteiger charge is -2.30. The SMILES string of the molecule is c1ccc(-c2cc(-c3ccccc3)cc(-c3cccc(-c4cc(-c5ccc6c(c5)C5(c7ccccc7-c7ccccc75)c5ccccc5-6)nc(-c5cccc(-c6cc(-c7ccccc7)cc(-c7ccccc7)c6)c5)n4)c3)c2)cc1. The maximum Gasteiger partial charge on any atom is 0.160 e. The summed E-state index contributed by atoms with van der Waals surface area (Å²) in [4.78, 5) is 11.2. The van der Waals surface area contributed by atoms with E-state index in [0.717, 1.165) is 61.5 Å². The van der Waals surface area contributed by atoms with Crippen LogP contribution < -0.4 is 0 Å². The zero-order valence-electron chi connectivity index (χ0n) is 43.3. The van der Waals surface area contributed by atoms with Crippen LogP contribution in [0.3, 0.4) is 0 Å². The number of benzene rings is 12. The van der Waals surface area contributed by atoms with Crippen LogP contribution in [-0.2, 0) is 5.41 Å². The second-order valence-electron chi connectivity index (χ2n) is 20.8. The molecule has 13 aromatic rings. The van der Waals surface area contributed by atoms with E-state index in [0.29, 0.717) is 5.82 Å². The Balaban J connectivity index is 0.919. The van der Waals surface area contributed by atoms with Crippen molar-refractivity contribution in [3.05, 3.63) is 326 Å². The summed E-state index contributed by atoms with van der Waals surface area (Å²) in [5, 5.41) is 0. The number of fused-ring (bicyclic) bond motifs is 10. The molecule has 2 heteroatoms. The Morgan fingerprint density at radius 1 is 0.177 bits per heavy atom. The molecule has 0 fully saturated rings. The first-order chi connectivity index (χ1) is 39.1. The quantitative estimate of drug-likeness (QED) is 0.144. The molecule has 0 saturated heterocycles. The Hall–Kier alpha value is -10.3. The van der Waals surface area contributed by atoms with Gasteiger partial charge in [0, 0.05) is 16.7 Å². The first-order valence-corrected chi connectivity index (χ1v) is 27.2. The van der Waals surface area contributed by atoms with Crippen LogP contribution in [0.1, 0.15) is 22.3 Å². The Labute approximate surface area is 461 Å². The normalized spacial score (nSPS) is 12.4. The van der Waals surface area contributed by atoms with Crippen molar-refractivity contribution in [2.24, 2.45) is 0 Å². The van der Waals surface area contributed by atoms with Gasteiger partial charge in [-0.15, -0.1) is 0 Å². The molecule has 368 valence electrons. The lowest BCUT2D eigenvalue weighted by Crippen LogP contribution is -2.25. The van der Waals surface area contributed by atoms with Crippen molar-refractivity contribution in [1.29, 1.82) is 0 Å². The highest BCUT2D eigenvalue weighted by atomic mass is 14.9. The van der Waals surface area contributed by atoms with E-state index in [9.17, 15) is 0 Å². The van der Waals surface area contributed by atoms with Gasteiger partial charge in [0.2, 0.25) is 0 Å². The summed E-state index contributed by atoms with van der Waals surface area (Å²) in [5.41, 5.74) is 28.4. The third-order valence-corrected chi connectivity index (χ3v) is 16.3. The first-order valence-electron chi connectivity index (χ1n) is 27.2. The Kier molecular flexibility index (Phi) is 11.1. The van der Waals surface area contributed by atoms with Gasteiger partial charge in [0.1, 0.15) is 0 Å². The maximum atomic E-state index is 5.60. The molecule has 0 N–H and O–H groups in total. The molecule has 12 aromatic carbocycles. The van der Waals surface area contributed by atoms with Gasteiger partial charge in [0.15, 0.2) is 5.82 Å². The molecule has 0 unspecified atom stereocenters. The number of rotatable bonds is 9. The van der Waals surface area contributed by atoms with Crippen LogP contribution in [-0.4, -0.2) is 9.97 Å². The summed E-state index contributed by atoms with van der Waals surface area (Å²) in [6.45, 7) is 0. The van der Waals surface area contributed by atoms with Crippen LogP contribution in [0.5, 0.6) is 0 Å². The highest BCUT2D eigenvalue weighted by molar-refractivity contribution is 5.96. The monoisotopic (exact) mass is 1000 g/mol. The average Bonchev–Trinajstić information content (AvgIpc) is 3.98. The van der Waals surface area contributed by atoms with Crippen LogP contribution in [0.2, 0.25) is 0 Å². The van der Waals surface area contributed by atoms with E-state index in [4.69, 9.17) is 9.97 Å². The highest BCUT2D eigenvalue weighted by Gasteiger charge is 2.51. The van der Waals surface area contributed by atoms with Crippen molar-refractivity contribution in [2.45, 2.75) is 5.41 Å². The molecular formula is C77H50N2. The molecule has 0 bridgehead atoms. The molecule has 1 spiro atoms. The number of hydrogen-bond donors (Lipinski definition) is 0. The van der Waals surface area contributed by atoms with Gasteiger partial charge in [-0.1, -0.05) is 243 Å². The van der Waals surface area contributed by atoms with Gasteiger partial charge in [-0.05, 0) is 172 Å². The zero-order chi connectivity index (χ0) is 52.3. The lowest BCUT2D eigenvalue weighted by atomic mass is 9.70. The van der Waals surface area contributed by atoms with Gasteiger partial charge < -0.3 is 0 Å². The Morgan fingerprint density at radius 3 is 0.886 bits per heavy atom. The van der Waals surface area contributed by atoms with Crippen molar-refractivity contribution in [3.63, 3.8) is 0 Å². The van der Waals surface area contributed by atoms with E-state index >= 15 is 0 Å². The first kappa shape index (κ1) is 46.1. The van der Waals surface area contributed by atoms with Gasteiger partial charge >= 0.3 is 0 Å². The minimum Gasteiger partial charge on any atom is -0.228 e. The topological polar surface area (TPSA) is 25.8 Å². The largest absolute Gasteiger partial charge is 0.228 e. The summed E-state index contributed by atoms with van der Waals surface area (Å²) < 4.78 is 0. The molecule has 15 rings (SSSR count). The van der Waals surface area contributed by atoms with E-state index in [1.165, 1.54) is 77.9 Å². The van der Waals surface area contributed by atoms with Gasteiger partial charge in [0.05, 0.1) is 16.8 Å².